The fourth-order valence-corrected chi connectivity index (χ4v) is 4.03. The number of aliphatic hydroxyl groups is 1. The molecule has 1 aliphatic heterocycles. The molecule has 182 valence electrons. The third-order valence-corrected chi connectivity index (χ3v) is 5.67. The van der Waals surface area contributed by atoms with Crippen LogP contribution in [-0.2, 0) is 14.4 Å². The van der Waals surface area contributed by atoms with Gasteiger partial charge in [-0.25, -0.2) is 0 Å². The Kier molecular flexibility index (Phi) is 6.51. The Morgan fingerprint density at radius 3 is 2.31 bits per heavy atom. The summed E-state index contributed by atoms with van der Waals surface area (Å²) in [6, 6.07) is 17.1. The number of nitro groups is 1. The second-order valence-electron chi connectivity index (χ2n) is 7.98. The highest BCUT2D eigenvalue weighted by molar-refractivity contribution is 6.51. The zero-order valence-electron chi connectivity index (χ0n) is 19.3. The molecule has 0 aromatic heterocycles. The van der Waals surface area contributed by atoms with Crippen molar-refractivity contribution in [2.24, 2.45) is 0 Å². The van der Waals surface area contributed by atoms with Crippen molar-refractivity contribution in [1.82, 2.24) is 0 Å². The molecule has 4 rings (SSSR count). The molecule has 0 spiro atoms. The molecule has 1 fully saturated rings. The Bertz CT molecular complexity index is 1400. The van der Waals surface area contributed by atoms with Crippen molar-refractivity contribution in [3.63, 3.8) is 0 Å². The fourth-order valence-electron chi connectivity index (χ4n) is 4.03. The van der Waals surface area contributed by atoms with E-state index < -0.39 is 28.4 Å². The number of aliphatic hydroxyl groups excluding tert-OH is 1. The van der Waals surface area contributed by atoms with E-state index in [-0.39, 0.29) is 22.7 Å². The van der Waals surface area contributed by atoms with Crippen LogP contribution in [0.5, 0.6) is 5.75 Å². The molecule has 3 aromatic carbocycles. The zero-order chi connectivity index (χ0) is 26.0. The van der Waals surface area contributed by atoms with Gasteiger partial charge in [-0.2, -0.15) is 0 Å². The van der Waals surface area contributed by atoms with E-state index in [0.29, 0.717) is 22.7 Å². The van der Waals surface area contributed by atoms with Crippen LogP contribution in [0.2, 0.25) is 0 Å². The minimum Gasteiger partial charge on any atom is -0.507 e. The lowest BCUT2D eigenvalue weighted by molar-refractivity contribution is -0.384. The molecule has 36 heavy (non-hydrogen) atoms. The Balaban J connectivity index is 1.89. The molecule has 1 atom stereocenters. The van der Waals surface area contributed by atoms with Crippen molar-refractivity contribution in [2.75, 3.05) is 17.3 Å². The largest absolute Gasteiger partial charge is 0.507 e. The number of amides is 2. The van der Waals surface area contributed by atoms with E-state index in [0.717, 1.165) is 0 Å². The summed E-state index contributed by atoms with van der Waals surface area (Å²) in [5, 5.41) is 24.8. The zero-order valence-corrected chi connectivity index (χ0v) is 19.3. The SMILES string of the molecule is COc1ccc(C2/C(=C(\O)c3ccc([N+](=O)[O-])cc3)C(=O)C(=O)N2c2cccc(NC(C)=O)c2)cc1. The molecule has 1 aliphatic rings. The van der Waals surface area contributed by atoms with Gasteiger partial charge in [0.05, 0.1) is 23.6 Å². The molecule has 0 saturated carbocycles. The average molecular weight is 487 g/mol. The molecule has 2 N–H and O–H groups in total. The molecule has 1 unspecified atom stereocenters. The molecule has 0 aliphatic carbocycles. The van der Waals surface area contributed by atoms with Gasteiger partial charge < -0.3 is 15.2 Å². The van der Waals surface area contributed by atoms with Crippen LogP contribution in [0.15, 0.2) is 78.4 Å². The normalized spacial score (nSPS) is 16.6. The summed E-state index contributed by atoms with van der Waals surface area (Å²) in [6.07, 6.45) is 0. The van der Waals surface area contributed by atoms with Crippen LogP contribution < -0.4 is 15.0 Å². The van der Waals surface area contributed by atoms with Gasteiger partial charge in [0.15, 0.2) is 0 Å². The minimum absolute atomic E-state index is 0.143. The van der Waals surface area contributed by atoms with E-state index in [9.17, 15) is 29.6 Å². The predicted octanol–water partition coefficient (Wildman–Crippen LogP) is 4.19. The third-order valence-electron chi connectivity index (χ3n) is 5.67. The maximum atomic E-state index is 13.3. The van der Waals surface area contributed by atoms with Crippen molar-refractivity contribution >= 4 is 40.4 Å². The van der Waals surface area contributed by atoms with Crippen molar-refractivity contribution in [3.8, 4) is 5.75 Å². The average Bonchev–Trinajstić information content (AvgIpc) is 3.13. The Morgan fingerprint density at radius 1 is 1.06 bits per heavy atom. The number of anilines is 2. The van der Waals surface area contributed by atoms with Crippen LogP contribution in [0, 0.1) is 10.1 Å². The summed E-state index contributed by atoms with van der Waals surface area (Å²) in [6.45, 7) is 1.35. The number of rotatable bonds is 6. The number of hydrogen-bond donors (Lipinski definition) is 2. The Labute approximate surface area is 205 Å². The van der Waals surface area contributed by atoms with Gasteiger partial charge in [0, 0.05) is 36.0 Å². The van der Waals surface area contributed by atoms with E-state index >= 15 is 0 Å². The van der Waals surface area contributed by atoms with Gasteiger partial charge in [0.2, 0.25) is 5.91 Å². The quantitative estimate of drug-likeness (QED) is 0.175. The highest BCUT2D eigenvalue weighted by Gasteiger charge is 2.47. The van der Waals surface area contributed by atoms with Gasteiger partial charge >= 0.3 is 0 Å². The van der Waals surface area contributed by atoms with Crippen LogP contribution in [0.4, 0.5) is 17.1 Å². The van der Waals surface area contributed by atoms with Gasteiger partial charge in [-0.15, -0.1) is 0 Å². The topological polar surface area (TPSA) is 139 Å². The van der Waals surface area contributed by atoms with Crippen LogP contribution in [0.25, 0.3) is 5.76 Å². The summed E-state index contributed by atoms with van der Waals surface area (Å²) in [4.78, 5) is 49.7. The number of carbonyl (C=O) groups is 3. The van der Waals surface area contributed by atoms with Gasteiger partial charge in [-0.1, -0.05) is 18.2 Å². The number of ether oxygens (including phenoxy) is 1. The van der Waals surface area contributed by atoms with E-state index in [1.807, 2.05) is 0 Å². The molecule has 10 heteroatoms. The van der Waals surface area contributed by atoms with Crippen molar-refractivity contribution in [3.05, 3.63) is 99.6 Å². The van der Waals surface area contributed by atoms with E-state index in [1.54, 1.807) is 48.5 Å². The lowest BCUT2D eigenvalue weighted by atomic mass is 9.95. The molecule has 0 bridgehead atoms. The number of hydrogen-bond acceptors (Lipinski definition) is 7. The standard InChI is InChI=1S/C26H21N3O7/c1-15(30)27-18-4-3-5-20(14-18)28-23(16-8-12-21(36-2)13-9-16)22(25(32)26(28)33)24(31)17-6-10-19(11-7-17)29(34)35/h3-14,23,31H,1-2H3,(H,27,30)/b24-22+. The molecule has 0 radical (unpaired) electrons. The minimum atomic E-state index is -1.02. The molecule has 1 heterocycles. The van der Waals surface area contributed by atoms with Crippen LogP contribution in [-0.4, -0.2) is 34.7 Å². The summed E-state index contributed by atoms with van der Waals surface area (Å²) in [5.41, 5.74) is 1.04. The number of non-ortho nitro benzene ring substituents is 1. The Hall–Kier alpha value is -4.99. The maximum absolute atomic E-state index is 13.3. The van der Waals surface area contributed by atoms with Crippen LogP contribution in [0.1, 0.15) is 24.1 Å². The number of nitro benzene ring substituents is 1. The van der Waals surface area contributed by atoms with Crippen molar-refractivity contribution in [2.45, 2.75) is 13.0 Å². The monoisotopic (exact) mass is 487 g/mol. The molecular formula is C26H21N3O7. The lowest BCUT2D eigenvalue weighted by Gasteiger charge is -2.26. The first-order chi connectivity index (χ1) is 17.2. The smallest absolute Gasteiger partial charge is 0.300 e. The highest BCUT2D eigenvalue weighted by atomic mass is 16.6. The number of ketones is 1. The maximum Gasteiger partial charge on any atom is 0.300 e. The first kappa shape index (κ1) is 24.1. The summed E-state index contributed by atoms with van der Waals surface area (Å²) >= 11 is 0. The first-order valence-corrected chi connectivity index (χ1v) is 10.8. The van der Waals surface area contributed by atoms with Crippen molar-refractivity contribution < 1.29 is 29.2 Å². The van der Waals surface area contributed by atoms with E-state index in [4.69, 9.17) is 4.74 Å². The number of carbonyl (C=O) groups excluding carboxylic acids is 3. The third kappa shape index (κ3) is 4.51. The van der Waals surface area contributed by atoms with Gasteiger partial charge in [-0.3, -0.25) is 29.4 Å². The van der Waals surface area contributed by atoms with Gasteiger partial charge in [0.25, 0.3) is 17.4 Å². The summed E-state index contributed by atoms with van der Waals surface area (Å²) in [5.74, 6) is -2.02. The molecular weight excluding hydrogens is 466 g/mol. The number of methoxy groups -OCH3 is 1. The molecule has 1 saturated heterocycles. The number of nitrogens with one attached hydrogen (secondary N) is 1. The molecule has 3 aromatic rings. The second kappa shape index (κ2) is 9.71. The first-order valence-electron chi connectivity index (χ1n) is 10.8. The second-order valence-corrected chi connectivity index (χ2v) is 7.98. The summed E-state index contributed by atoms with van der Waals surface area (Å²) in [7, 11) is 1.50. The number of Topliss-reactive ketones (excluding diaryl/α,β-unsaturated/α-hetero) is 1. The summed E-state index contributed by atoms with van der Waals surface area (Å²) < 4.78 is 5.21. The van der Waals surface area contributed by atoms with Gasteiger partial charge in [0.1, 0.15) is 11.5 Å². The molecule has 10 nitrogen and oxygen atoms in total. The van der Waals surface area contributed by atoms with Crippen LogP contribution in [0.3, 0.4) is 0 Å². The fraction of sp³-hybridized carbons (Fsp3) is 0.115. The Morgan fingerprint density at radius 2 is 1.72 bits per heavy atom. The molecule has 2 amide bonds. The van der Waals surface area contributed by atoms with Crippen molar-refractivity contribution in [1.29, 1.82) is 0 Å². The van der Waals surface area contributed by atoms with E-state index in [2.05, 4.69) is 5.32 Å². The lowest BCUT2D eigenvalue weighted by Crippen LogP contribution is -2.29. The highest BCUT2D eigenvalue weighted by Crippen LogP contribution is 2.43. The number of benzene rings is 3. The van der Waals surface area contributed by atoms with E-state index in [1.165, 1.54) is 43.2 Å². The van der Waals surface area contributed by atoms with Crippen LogP contribution >= 0.6 is 0 Å². The number of nitrogens with zero attached hydrogens (tertiary/aromatic N) is 2. The predicted molar refractivity (Wildman–Crippen MR) is 132 cm³/mol. The van der Waals surface area contributed by atoms with Gasteiger partial charge in [-0.05, 0) is 48.0 Å².